The number of anilines is 1. The maximum atomic E-state index is 12.6. The van der Waals surface area contributed by atoms with E-state index in [1.807, 2.05) is 13.0 Å². The van der Waals surface area contributed by atoms with E-state index in [1.165, 1.54) is 6.20 Å². The number of nitrogens with one attached hydrogen (secondary N) is 2. The fourth-order valence-electron chi connectivity index (χ4n) is 2.74. The van der Waals surface area contributed by atoms with Gasteiger partial charge in [-0.15, -0.1) is 0 Å². The first-order valence-electron chi connectivity index (χ1n) is 8.41. The van der Waals surface area contributed by atoms with Gasteiger partial charge in [-0.2, -0.15) is 8.42 Å². The number of aromatic amines is 1. The lowest BCUT2D eigenvalue weighted by molar-refractivity contribution is 0.103. The normalized spacial score (nSPS) is 12.4. The van der Waals surface area contributed by atoms with Crippen LogP contribution in [0.4, 0.5) is 5.69 Å². The number of nitrogens with zero attached hydrogens (tertiary/aromatic N) is 1. The van der Waals surface area contributed by atoms with Crippen LogP contribution >= 0.6 is 0 Å². The number of benzene rings is 1. The molecule has 0 fully saturated rings. The monoisotopic (exact) mass is 400 g/mol. The van der Waals surface area contributed by atoms with Crippen LogP contribution < -0.4 is 14.6 Å². The minimum atomic E-state index is -3.84. The van der Waals surface area contributed by atoms with E-state index in [4.69, 9.17) is 9.88 Å². The van der Waals surface area contributed by atoms with Crippen molar-refractivity contribution in [3.8, 4) is 5.75 Å². The third kappa shape index (κ3) is 4.56. The molecule has 3 rings (SSSR count). The molecule has 0 aliphatic heterocycles. The van der Waals surface area contributed by atoms with Crippen LogP contribution in [0.5, 0.6) is 5.75 Å². The molecule has 0 aliphatic rings. The molecule has 3 aromatic rings. The number of carbonyl (C=O) groups is 1. The highest BCUT2D eigenvalue weighted by molar-refractivity contribution is 7.90. The van der Waals surface area contributed by atoms with Gasteiger partial charge in [-0.05, 0) is 48.5 Å². The van der Waals surface area contributed by atoms with E-state index in [-0.39, 0.29) is 17.4 Å². The molecule has 0 saturated carbocycles. The third-order valence-electron chi connectivity index (χ3n) is 4.26. The summed E-state index contributed by atoms with van der Waals surface area (Å²) in [6.45, 7) is 1.93. The van der Waals surface area contributed by atoms with E-state index < -0.39 is 10.2 Å². The third-order valence-corrected chi connectivity index (χ3v) is 4.78. The maximum Gasteiger partial charge on any atom is 0.296 e. The molecule has 0 amide bonds. The molecule has 0 aliphatic carbocycles. The summed E-state index contributed by atoms with van der Waals surface area (Å²) in [6, 6.07) is 13.7. The summed E-state index contributed by atoms with van der Waals surface area (Å²) in [5.74, 6) is 0.437. The summed E-state index contributed by atoms with van der Waals surface area (Å²) in [5.41, 5.74) is 2.83. The van der Waals surface area contributed by atoms with Crippen molar-refractivity contribution in [2.24, 2.45) is 5.14 Å². The van der Waals surface area contributed by atoms with Gasteiger partial charge in [0.05, 0.1) is 24.7 Å². The number of nitrogens with two attached hydrogens (primary N) is 1. The predicted molar refractivity (Wildman–Crippen MR) is 106 cm³/mol. The Kier molecular flexibility index (Phi) is 5.48. The Hall–Kier alpha value is -3.17. The summed E-state index contributed by atoms with van der Waals surface area (Å²) >= 11 is 0. The summed E-state index contributed by atoms with van der Waals surface area (Å²) in [5, 5.41) is 4.94. The van der Waals surface area contributed by atoms with Crippen molar-refractivity contribution < 1.29 is 17.9 Å². The Morgan fingerprint density at radius 1 is 1.14 bits per heavy atom. The van der Waals surface area contributed by atoms with E-state index in [0.29, 0.717) is 22.7 Å². The van der Waals surface area contributed by atoms with E-state index >= 15 is 0 Å². The number of hydrogen-bond donors (Lipinski definition) is 3. The van der Waals surface area contributed by atoms with Gasteiger partial charge in [-0.3, -0.25) is 14.5 Å². The molecular weight excluding hydrogens is 380 g/mol. The smallest absolute Gasteiger partial charge is 0.296 e. The highest BCUT2D eigenvalue weighted by Crippen LogP contribution is 2.24. The fraction of sp³-hybridized carbons (Fsp3) is 0.158. The van der Waals surface area contributed by atoms with Crippen LogP contribution in [0.1, 0.15) is 40.3 Å². The Labute approximate surface area is 162 Å². The number of aromatic nitrogens is 2. The Balaban J connectivity index is 1.76. The lowest BCUT2D eigenvalue weighted by Crippen LogP contribution is -2.21. The van der Waals surface area contributed by atoms with Crippen molar-refractivity contribution in [3.05, 3.63) is 77.4 Å². The highest BCUT2D eigenvalue weighted by atomic mass is 32.2. The lowest BCUT2D eigenvalue weighted by Gasteiger charge is -2.10. The quantitative estimate of drug-likeness (QED) is 0.525. The molecule has 8 nitrogen and oxygen atoms in total. The second kappa shape index (κ2) is 7.83. The number of carbonyl (C=O) groups excluding carboxylic acids is 1. The van der Waals surface area contributed by atoms with Crippen LogP contribution in [0.2, 0.25) is 0 Å². The van der Waals surface area contributed by atoms with Gasteiger partial charge in [-0.1, -0.05) is 6.92 Å². The SMILES string of the molecule is COc1ccc(C(=O)c2ccc(C(C)c3ccc(NS(N)(=O)=O)cn3)[nH]2)cc1. The van der Waals surface area contributed by atoms with Crippen molar-refractivity contribution in [3.63, 3.8) is 0 Å². The first-order chi connectivity index (χ1) is 13.3. The number of ether oxygens (including phenoxy) is 1. The molecule has 2 aromatic heterocycles. The van der Waals surface area contributed by atoms with Gasteiger partial charge < -0.3 is 9.72 Å². The number of H-pyrrole nitrogens is 1. The molecule has 146 valence electrons. The van der Waals surface area contributed by atoms with Gasteiger partial charge in [0.15, 0.2) is 0 Å². The molecule has 0 saturated heterocycles. The van der Waals surface area contributed by atoms with Crippen molar-refractivity contribution in [2.75, 3.05) is 11.8 Å². The Morgan fingerprint density at radius 3 is 2.43 bits per heavy atom. The fourth-order valence-corrected chi connectivity index (χ4v) is 3.19. The molecule has 0 radical (unpaired) electrons. The number of rotatable bonds is 7. The van der Waals surface area contributed by atoms with Crippen molar-refractivity contribution >= 4 is 21.7 Å². The highest BCUT2D eigenvalue weighted by Gasteiger charge is 2.16. The molecule has 1 unspecified atom stereocenters. The summed E-state index contributed by atoms with van der Waals surface area (Å²) in [4.78, 5) is 20.0. The molecule has 1 aromatic carbocycles. The second-order valence-electron chi connectivity index (χ2n) is 6.23. The molecule has 4 N–H and O–H groups in total. The van der Waals surface area contributed by atoms with Gasteiger partial charge in [0, 0.05) is 22.9 Å². The molecule has 28 heavy (non-hydrogen) atoms. The standard InChI is InChI=1S/C19H20N4O4S/c1-12(16-8-5-14(11-21-16)23-28(20,25)26)17-9-10-18(22-17)19(24)13-3-6-15(27-2)7-4-13/h3-12,22-23H,1-2H3,(H2,20,25,26). The average Bonchev–Trinajstić information content (AvgIpc) is 3.16. The van der Waals surface area contributed by atoms with Crippen LogP contribution in [0.15, 0.2) is 54.7 Å². The van der Waals surface area contributed by atoms with E-state index in [0.717, 1.165) is 5.69 Å². The van der Waals surface area contributed by atoms with Crippen LogP contribution in [0.3, 0.4) is 0 Å². The summed E-state index contributed by atoms with van der Waals surface area (Å²) in [7, 11) is -2.27. The molecule has 1 atom stereocenters. The topological polar surface area (TPSA) is 127 Å². The van der Waals surface area contributed by atoms with Crippen molar-refractivity contribution in [2.45, 2.75) is 12.8 Å². The zero-order chi connectivity index (χ0) is 20.3. The zero-order valence-corrected chi connectivity index (χ0v) is 16.2. The molecular formula is C19H20N4O4S. The minimum Gasteiger partial charge on any atom is -0.497 e. The van der Waals surface area contributed by atoms with Crippen LogP contribution in [-0.4, -0.2) is 31.3 Å². The minimum absolute atomic E-state index is 0.123. The van der Waals surface area contributed by atoms with E-state index in [2.05, 4.69) is 14.7 Å². The second-order valence-corrected chi connectivity index (χ2v) is 7.52. The summed E-state index contributed by atoms with van der Waals surface area (Å²) in [6.07, 6.45) is 1.39. The predicted octanol–water partition coefficient (Wildman–Crippen LogP) is 2.42. The van der Waals surface area contributed by atoms with Gasteiger partial charge >= 0.3 is 0 Å². The Bertz CT molecular complexity index is 1070. The number of pyridine rings is 1. The molecule has 0 bridgehead atoms. The number of ketones is 1. The van der Waals surface area contributed by atoms with Crippen LogP contribution in [0.25, 0.3) is 0 Å². The van der Waals surface area contributed by atoms with Gasteiger partial charge in [0.25, 0.3) is 10.2 Å². The summed E-state index contributed by atoms with van der Waals surface area (Å²) < 4.78 is 29.4. The first-order valence-corrected chi connectivity index (χ1v) is 9.95. The largest absolute Gasteiger partial charge is 0.497 e. The van der Waals surface area contributed by atoms with Crippen LogP contribution in [0, 0.1) is 0 Å². The number of hydrogen-bond acceptors (Lipinski definition) is 5. The van der Waals surface area contributed by atoms with Gasteiger partial charge in [0.1, 0.15) is 5.75 Å². The molecule has 0 spiro atoms. The van der Waals surface area contributed by atoms with Crippen molar-refractivity contribution in [1.29, 1.82) is 0 Å². The lowest BCUT2D eigenvalue weighted by atomic mass is 10.0. The van der Waals surface area contributed by atoms with E-state index in [1.54, 1.807) is 49.6 Å². The molecule has 2 heterocycles. The first kappa shape index (κ1) is 19.6. The zero-order valence-electron chi connectivity index (χ0n) is 15.3. The van der Waals surface area contributed by atoms with Crippen LogP contribution in [-0.2, 0) is 10.2 Å². The Morgan fingerprint density at radius 2 is 1.86 bits per heavy atom. The van der Waals surface area contributed by atoms with Crippen molar-refractivity contribution in [1.82, 2.24) is 9.97 Å². The maximum absolute atomic E-state index is 12.6. The molecule has 9 heteroatoms. The van der Waals surface area contributed by atoms with Gasteiger partial charge in [0.2, 0.25) is 5.78 Å². The average molecular weight is 400 g/mol. The van der Waals surface area contributed by atoms with Gasteiger partial charge in [-0.25, -0.2) is 5.14 Å². The number of methoxy groups -OCH3 is 1. The van der Waals surface area contributed by atoms with E-state index in [9.17, 15) is 13.2 Å².